The van der Waals surface area contributed by atoms with E-state index >= 15 is 0 Å². The monoisotopic (exact) mass is 278 g/mol. The first-order valence-electron chi connectivity index (χ1n) is 7.75. The van der Waals surface area contributed by atoms with Gasteiger partial charge in [-0.3, -0.25) is 4.90 Å². The van der Waals surface area contributed by atoms with Crippen LogP contribution < -0.4 is 5.32 Å². The van der Waals surface area contributed by atoms with Gasteiger partial charge in [-0.05, 0) is 25.2 Å². The molecule has 0 amide bonds. The molecule has 20 heavy (non-hydrogen) atoms. The van der Waals surface area contributed by atoms with Crippen molar-refractivity contribution in [3.05, 3.63) is 18.7 Å². The molecule has 0 aromatic carbocycles. The third-order valence-electron chi connectivity index (χ3n) is 4.49. The smallest absolute Gasteiger partial charge is 0.0946 e. The van der Waals surface area contributed by atoms with Crippen LogP contribution >= 0.6 is 0 Å². The molecule has 0 bridgehead atoms. The molecule has 1 saturated heterocycles. The van der Waals surface area contributed by atoms with Gasteiger partial charge in [0.2, 0.25) is 0 Å². The minimum absolute atomic E-state index is 0.492. The molecule has 1 saturated carbocycles. The number of imidazole rings is 1. The molecule has 3 rings (SSSR count). The molecule has 1 aromatic heterocycles. The second-order valence-electron chi connectivity index (χ2n) is 6.43. The Morgan fingerprint density at radius 3 is 2.80 bits per heavy atom. The van der Waals surface area contributed by atoms with Crippen molar-refractivity contribution >= 4 is 0 Å². The fourth-order valence-electron chi connectivity index (χ4n) is 2.97. The summed E-state index contributed by atoms with van der Waals surface area (Å²) in [5.41, 5.74) is 0.528. The Labute approximate surface area is 121 Å². The lowest BCUT2D eigenvalue weighted by atomic mass is 10.1. The molecular weight excluding hydrogens is 252 g/mol. The molecule has 112 valence electrons. The Kier molecular flexibility index (Phi) is 4.38. The van der Waals surface area contributed by atoms with Gasteiger partial charge in [-0.1, -0.05) is 0 Å². The second kappa shape index (κ2) is 6.24. The summed E-state index contributed by atoms with van der Waals surface area (Å²) in [6.07, 6.45) is 8.50. The first kappa shape index (κ1) is 14.0. The summed E-state index contributed by atoms with van der Waals surface area (Å²) in [5.74, 6) is 0. The SMILES string of the molecule is CC(Cn1ccnc1)NCC1(CN2CCOCC2)CC1. The highest BCUT2D eigenvalue weighted by Gasteiger charge is 2.43. The number of aromatic nitrogens is 2. The van der Waals surface area contributed by atoms with Gasteiger partial charge in [0.1, 0.15) is 0 Å². The molecule has 1 atom stereocenters. The average Bonchev–Trinajstić information content (AvgIpc) is 3.03. The van der Waals surface area contributed by atoms with Crippen molar-refractivity contribution in [3.63, 3.8) is 0 Å². The van der Waals surface area contributed by atoms with E-state index in [1.807, 2.05) is 18.7 Å². The van der Waals surface area contributed by atoms with Crippen molar-refractivity contribution in [1.29, 1.82) is 0 Å². The van der Waals surface area contributed by atoms with Crippen LogP contribution in [0.25, 0.3) is 0 Å². The molecule has 1 unspecified atom stereocenters. The summed E-state index contributed by atoms with van der Waals surface area (Å²) in [7, 11) is 0. The third kappa shape index (κ3) is 3.81. The molecule has 5 heteroatoms. The molecular formula is C15H26N4O. The number of nitrogens with one attached hydrogen (secondary N) is 1. The summed E-state index contributed by atoms with van der Waals surface area (Å²) in [6.45, 7) is 9.64. The van der Waals surface area contributed by atoms with Crippen LogP contribution in [0.4, 0.5) is 0 Å². The van der Waals surface area contributed by atoms with Crippen molar-refractivity contribution in [2.75, 3.05) is 39.4 Å². The maximum absolute atomic E-state index is 5.43. The van der Waals surface area contributed by atoms with Crippen LogP contribution in [0.2, 0.25) is 0 Å². The predicted octanol–water partition coefficient (Wildman–Crippen LogP) is 0.974. The standard InChI is InChI=1S/C15H26N4O/c1-14(10-19-5-4-16-13-19)17-11-15(2-3-15)12-18-6-8-20-9-7-18/h4-5,13-14,17H,2-3,6-12H2,1H3. The van der Waals surface area contributed by atoms with Gasteiger partial charge in [-0.2, -0.15) is 0 Å². The van der Waals surface area contributed by atoms with E-state index in [0.717, 1.165) is 39.4 Å². The van der Waals surface area contributed by atoms with E-state index in [1.54, 1.807) is 0 Å². The van der Waals surface area contributed by atoms with E-state index in [1.165, 1.54) is 19.4 Å². The highest BCUT2D eigenvalue weighted by molar-refractivity contribution is 4.98. The average molecular weight is 278 g/mol. The Balaban J connectivity index is 1.40. The number of morpholine rings is 1. The second-order valence-corrected chi connectivity index (χ2v) is 6.43. The van der Waals surface area contributed by atoms with Crippen LogP contribution in [0.5, 0.6) is 0 Å². The summed E-state index contributed by atoms with van der Waals surface area (Å²) >= 11 is 0. The lowest BCUT2D eigenvalue weighted by Gasteiger charge is -2.31. The van der Waals surface area contributed by atoms with Crippen LogP contribution in [0.3, 0.4) is 0 Å². The Bertz CT molecular complexity index is 396. The fourth-order valence-corrected chi connectivity index (χ4v) is 2.97. The van der Waals surface area contributed by atoms with Gasteiger partial charge in [0.05, 0.1) is 19.5 Å². The quantitative estimate of drug-likeness (QED) is 0.807. The molecule has 0 spiro atoms. The van der Waals surface area contributed by atoms with Crippen molar-refractivity contribution in [2.24, 2.45) is 5.41 Å². The van der Waals surface area contributed by atoms with Crippen LogP contribution in [0, 0.1) is 5.41 Å². The van der Waals surface area contributed by atoms with E-state index < -0.39 is 0 Å². The topological polar surface area (TPSA) is 42.3 Å². The maximum Gasteiger partial charge on any atom is 0.0946 e. The molecule has 1 aromatic rings. The van der Waals surface area contributed by atoms with Gasteiger partial charge in [-0.15, -0.1) is 0 Å². The summed E-state index contributed by atoms with van der Waals surface area (Å²) in [6, 6.07) is 0.492. The lowest BCUT2D eigenvalue weighted by molar-refractivity contribution is 0.0282. The number of ether oxygens (including phenoxy) is 1. The van der Waals surface area contributed by atoms with Crippen molar-refractivity contribution in [2.45, 2.75) is 32.4 Å². The number of hydrogen-bond donors (Lipinski definition) is 1. The molecule has 0 radical (unpaired) electrons. The third-order valence-corrected chi connectivity index (χ3v) is 4.49. The van der Waals surface area contributed by atoms with E-state index in [9.17, 15) is 0 Å². The number of rotatable bonds is 7. The van der Waals surface area contributed by atoms with Gasteiger partial charge >= 0.3 is 0 Å². The molecule has 1 N–H and O–H groups in total. The Morgan fingerprint density at radius 2 is 2.15 bits per heavy atom. The molecule has 1 aliphatic heterocycles. The fraction of sp³-hybridized carbons (Fsp3) is 0.800. The highest BCUT2D eigenvalue weighted by atomic mass is 16.5. The summed E-state index contributed by atoms with van der Waals surface area (Å²) in [4.78, 5) is 6.66. The van der Waals surface area contributed by atoms with Gasteiger partial charge in [0.25, 0.3) is 0 Å². The molecule has 2 heterocycles. The largest absolute Gasteiger partial charge is 0.379 e. The Hall–Kier alpha value is -0.910. The number of hydrogen-bond acceptors (Lipinski definition) is 4. The van der Waals surface area contributed by atoms with Gasteiger partial charge < -0.3 is 14.6 Å². The van der Waals surface area contributed by atoms with Gasteiger partial charge in [0.15, 0.2) is 0 Å². The zero-order valence-corrected chi connectivity index (χ0v) is 12.4. The molecule has 1 aliphatic carbocycles. The summed E-state index contributed by atoms with van der Waals surface area (Å²) in [5, 5.41) is 3.71. The van der Waals surface area contributed by atoms with E-state index in [-0.39, 0.29) is 0 Å². The first-order valence-corrected chi connectivity index (χ1v) is 7.75. The van der Waals surface area contributed by atoms with Crippen molar-refractivity contribution in [3.8, 4) is 0 Å². The Morgan fingerprint density at radius 1 is 1.35 bits per heavy atom. The first-order chi connectivity index (χ1) is 9.76. The minimum Gasteiger partial charge on any atom is -0.379 e. The van der Waals surface area contributed by atoms with E-state index in [4.69, 9.17) is 4.74 Å². The maximum atomic E-state index is 5.43. The molecule has 5 nitrogen and oxygen atoms in total. The van der Waals surface area contributed by atoms with E-state index in [2.05, 4.69) is 26.7 Å². The number of nitrogens with zero attached hydrogens (tertiary/aromatic N) is 3. The summed E-state index contributed by atoms with van der Waals surface area (Å²) < 4.78 is 7.56. The normalized spacial score (nSPS) is 23.6. The minimum atomic E-state index is 0.492. The molecule has 2 aliphatic rings. The van der Waals surface area contributed by atoms with Crippen LogP contribution in [0.1, 0.15) is 19.8 Å². The van der Waals surface area contributed by atoms with Gasteiger partial charge in [-0.25, -0.2) is 4.98 Å². The van der Waals surface area contributed by atoms with Gasteiger partial charge in [0, 0.05) is 51.2 Å². The van der Waals surface area contributed by atoms with Crippen LogP contribution in [-0.4, -0.2) is 59.9 Å². The molecule has 2 fully saturated rings. The predicted molar refractivity (Wildman–Crippen MR) is 78.6 cm³/mol. The zero-order chi connectivity index (χ0) is 13.8. The van der Waals surface area contributed by atoms with Crippen molar-refractivity contribution < 1.29 is 4.74 Å². The van der Waals surface area contributed by atoms with E-state index in [0.29, 0.717) is 11.5 Å². The van der Waals surface area contributed by atoms with Crippen molar-refractivity contribution in [1.82, 2.24) is 19.8 Å². The van der Waals surface area contributed by atoms with Crippen LogP contribution in [0.15, 0.2) is 18.7 Å². The highest BCUT2D eigenvalue weighted by Crippen LogP contribution is 2.45. The van der Waals surface area contributed by atoms with Crippen LogP contribution in [-0.2, 0) is 11.3 Å². The zero-order valence-electron chi connectivity index (χ0n) is 12.4. The lowest BCUT2D eigenvalue weighted by Crippen LogP contribution is -2.44.